The number of ether oxygens (including phenoxy) is 1. The molecule has 0 saturated carbocycles. The second kappa shape index (κ2) is 7.83. The van der Waals surface area contributed by atoms with Crippen LogP contribution in [0.25, 0.3) is 10.9 Å². The van der Waals surface area contributed by atoms with Gasteiger partial charge in [0.05, 0.1) is 23.8 Å². The molecular weight excluding hydrogens is 370 g/mol. The van der Waals surface area contributed by atoms with Crippen molar-refractivity contribution in [3.8, 4) is 0 Å². The molecule has 2 saturated heterocycles. The van der Waals surface area contributed by atoms with Crippen LogP contribution in [0.15, 0.2) is 29.3 Å². The molecular formula is C19H22F2N4O3. The number of carbonyl (C=O) groups excluding carboxylic acids is 1. The molecule has 2 fully saturated rings. The molecule has 2 aliphatic heterocycles. The topological polar surface area (TPSA) is 67.7 Å². The summed E-state index contributed by atoms with van der Waals surface area (Å²) in [6, 6.07) is 5.22. The van der Waals surface area contributed by atoms with Gasteiger partial charge in [-0.2, -0.15) is 0 Å². The van der Waals surface area contributed by atoms with Crippen molar-refractivity contribution in [2.45, 2.75) is 31.9 Å². The average molecular weight is 392 g/mol. The number of benzene rings is 1. The molecule has 0 radical (unpaired) electrons. The summed E-state index contributed by atoms with van der Waals surface area (Å²) >= 11 is 0. The minimum atomic E-state index is -2.61. The van der Waals surface area contributed by atoms with E-state index in [2.05, 4.69) is 9.88 Å². The van der Waals surface area contributed by atoms with Gasteiger partial charge >= 0.3 is 0 Å². The Kier molecular flexibility index (Phi) is 5.25. The second-order valence-corrected chi connectivity index (χ2v) is 7.11. The van der Waals surface area contributed by atoms with Crippen molar-refractivity contribution < 1.29 is 18.3 Å². The molecule has 4 rings (SSSR count). The first-order valence-corrected chi connectivity index (χ1v) is 9.45. The van der Waals surface area contributed by atoms with Gasteiger partial charge in [0, 0.05) is 38.5 Å². The molecule has 0 aliphatic carbocycles. The fourth-order valence-electron chi connectivity index (χ4n) is 3.78. The van der Waals surface area contributed by atoms with E-state index in [9.17, 15) is 18.4 Å². The van der Waals surface area contributed by atoms with Crippen LogP contribution >= 0.6 is 0 Å². The van der Waals surface area contributed by atoms with Crippen LogP contribution in [-0.4, -0.2) is 65.7 Å². The standard InChI is InChI=1S/C19H22F2N4O3/c20-17(21)11-25-12-22-15-10-13(3-4-14(15)18(25)26)23-5-7-24(8-6-23)19(27)16-2-1-9-28-16/h3-4,10,12,16-17H,1-2,5-9,11H2. The first-order chi connectivity index (χ1) is 13.5. The summed E-state index contributed by atoms with van der Waals surface area (Å²) in [5.74, 6) is 0.0666. The van der Waals surface area contributed by atoms with Crippen LogP contribution in [0.5, 0.6) is 0 Å². The van der Waals surface area contributed by atoms with Crippen LogP contribution in [0.2, 0.25) is 0 Å². The van der Waals surface area contributed by atoms with Crippen LogP contribution in [0.3, 0.4) is 0 Å². The molecule has 1 aromatic carbocycles. The van der Waals surface area contributed by atoms with Gasteiger partial charge in [-0.15, -0.1) is 0 Å². The number of piperazine rings is 1. The predicted octanol–water partition coefficient (Wildman–Crippen LogP) is 1.49. The third-order valence-corrected chi connectivity index (χ3v) is 5.31. The number of fused-ring (bicyclic) bond motifs is 1. The van der Waals surface area contributed by atoms with Crippen LogP contribution in [0.4, 0.5) is 14.5 Å². The smallest absolute Gasteiger partial charge is 0.261 e. The zero-order chi connectivity index (χ0) is 19.7. The van der Waals surface area contributed by atoms with Gasteiger partial charge in [0.15, 0.2) is 0 Å². The van der Waals surface area contributed by atoms with E-state index >= 15 is 0 Å². The highest BCUT2D eigenvalue weighted by Gasteiger charge is 2.30. The van der Waals surface area contributed by atoms with E-state index in [1.807, 2.05) is 4.90 Å². The largest absolute Gasteiger partial charge is 0.368 e. The summed E-state index contributed by atoms with van der Waals surface area (Å²) in [6.07, 6.45) is -0.0202. The van der Waals surface area contributed by atoms with E-state index in [4.69, 9.17) is 4.74 Å². The van der Waals surface area contributed by atoms with E-state index in [-0.39, 0.29) is 12.0 Å². The molecule has 150 valence electrons. The summed E-state index contributed by atoms with van der Waals surface area (Å²) in [5, 5.41) is 0.319. The lowest BCUT2D eigenvalue weighted by Gasteiger charge is -2.37. The maximum atomic E-state index is 12.6. The predicted molar refractivity (Wildman–Crippen MR) is 99.8 cm³/mol. The Hall–Kier alpha value is -2.55. The summed E-state index contributed by atoms with van der Waals surface area (Å²) < 4.78 is 31.5. The molecule has 2 aromatic rings. The molecule has 7 nitrogen and oxygen atoms in total. The monoisotopic (exact) mass is 392 g/mol. The molecule has 0 bridgehead atoms. The van der Waals surface area contributed by atoms with Crippen molar-refractivity contribution in [2.24, 2.45) is 0 Å². The van der Waals surface area contributed by atoms with Crippen LogP contribution in [-0.2, 0) is 16.1 Å². The first-order valence-electron chi connectivity index (χ1n) is 9.45. The number of anilines is 1. The van der Waals surface area contributed by atoms with Gasteiger partial charge in [0.1, 0.15) is 6.10 Å². The Labute approximate surface area is 160 Å². The number of hydrogen-bond acceptors (Lipinski definition) is 5. The highest BCUT2D eigenvalue weighted by atomic mass is 19.3. The van der Waals surface area contributed by atoms with E-state index in [0.717, 1.165) is 23.1 Å². The van der Waals surface area contributed by atoms with E-state index in [0.29, 0.717) is 43.7 Å². The SMILES string of the molecule is O=C(C1CCCO1)N1CCN(c2ccc3c(=O)n(CC(F)F)cnc3c2)CC1. The Morgan fingerprint density at radius 3 is 2.71 bits per heavy atom. The molecule has 1 amide bonds. The zero-order valence-corrected chi connectivity index (χ0v) is 15.4. The number of alkyl halides is 2. The number of rotatable bonds is 4. The van der Waals surface area contributed by atoms with Crippen molar-refractivity contribution in [1.29, 1.82) is 0 Å². The third kappa shape index (κ3) is 3.71. The van der Waals surface area contributed by atoms with Crippen LogP contribution in [0.1, 0.15) is 12.8 Å². The lowest BCUT2D eigenvalue weighted by Crippen LogP contribution is -2.51. The van der Waals surface area contributed by atoms with Crippen molar-refractivity contribution in [1.82, 2.24) is 14.5 Å². The van der Waals surface area contributed by atoms with Gasteiger partial charge < -0.3 is 14.5 Å². The van der Waals surface area contributed by atoms with Gasteiger partial charge in [-0.05, 0) is 31.0 Å². The van der Waals surface area contributed by atoms with E-state index in [1.165, 1.54) is 6.33 Å². The van der Waals surface area contributed by atoms with Crippen molar-refractivity contribution >= 4 is 22.5 Å². The maximum absolute atomic E-state index is 12.6. The Morgan fingerprint density at radius 1 is 1.25 bits per heavy atom. The number of nitrogens with zero attached hydrogens (tertiary/aromatic N) is 4. The highest BCUT2D eigenvalue weighted by Crippen LogP contribution is 2.22. The van der Waals surface area contributed by atoms with Crippen LogP contribution in [0, 0.1) is 0 Å². The fourth-order valence-corrected chi connectivity index (χ4v) is 3.78. The fraction of sp³-hybridized carbons (Fsp3) is 0.526. The van der Waals surface area contributed by atoms with Crippen molar-refractivity contribution in [2.75, 3.05) is 37.7 Å². The molecule has 0 spiro atoms. The average Bonchev–Trinajstić information content (AvgIpc) is 3.24. The first kappa shape index (κ1) is 18.8. The van der Waals surface area contributed by atoms with E-state index in [1.54, 1.807) is 18.2 Å². The third-order valence-electron chi connectivity index (χ3n) is 5.31. The number of aromatic nitrogens is 2. The second-order valence-electron chi connectivity index (χ2n) is 7.11. The molecule has 9 heteroatoms. The minimum Gasteiger partial charge on any atom is -0.368 e. The van der Waals surface area contributed by atoms with Gasteiger partial charge in [-0.1, -0.05) is 0 Å². The quantitative estimate of drug-likeness (QED) is 0.789. The van der Waals surface area contributed by atoms with E-state index < -0.39 is 18.5 Å². The Balaban J connectivity index is 1.46. The lowest BCUT2D eigenvalue weighted by molar-refractivity contribution is -0.141. The molecule has 1 atom stereocenters. The molecule has 1 aromatic heterocycles. The highest BCUT2D eigenvalue weighted by molar-refractivity contribution is 5.82. The number of halogens is 2. The number of carbonyl (C=O) groups is 1. The molecule has 1 unspecified atom stereocenters. The Morgan fingerprint density at radius 2 is 2.04 bits per heavy atom. The molecule has 3 heterocycles. The Bertz CT molecular complexity index is 919. The maximum Gasteiger partial charge on any atom is 0.261 e. The molecule has 0 N–H and O–H groups in total. The summed E-state index contributed by atoms with van der Waals surface area (Å²) in [4.78, 5) is 32.9. The normalized spacial score (nSPS) is 20.3. The summed E-state index contributed by atoms with van der Waals surface area (Å²) in [7, 11) is 0. The number of hydrogen-bond donors (Lipinski definition) is 0. The number of amides is 1. The van der Waals surface area contributed by atoms with Gasteiger partial charge in [-0.25, -0.2) is 13.8 Å². The van der Waals surface area contributed by atoms with Gasteiger partial charge in [-0.3, -0.25) is 14.2 Å². The van der Waals surface area contributed by atoms with Crippen molar-refractivity contribution in [3.05, 3.63) is 34.9 Å². The van der Waals surface area contributed by atoms with Crippen molar-refractivity contribution in [3.63, 3.8) is 0 Å². The van der Waals surface area contributed by atoms with Gasteiger partial charge in [0.25, 0.3) is 17.9 Å². The van der Waals surface area contributed by atoms with Crippen LogP contribution < -0.4 is 10.5 Å². The molecule has 2 aliphatic rings. The lowest BCUT2D eigenvalue weighted by atomic mass is 10.1. The van der Waals surface area contributed by atoms with Gasteiger partial charge in [0.2, 0.25) is 0 Å². The molecule has 28 heavy (non-hydrogen) atoms. The summed E-state index contributed by atoms with van der Waals surface area (Å²) in [6.45, 7) is 2.56. The summed E-state index contributed by atoms with van der Waals surface area (Å²) in [5.41, 5.74) is 0.907. The zero-order valence-electron chi connectivity index (χ0n) is 15.4. The minimum absolute atomic E-state index is 0.0666.